The molecule has 0 radical (unpaired) electrons. The van der Waals surface area contributed by atoms with Crippen LogP contribution in [0.2, 0.25) is 5.02 Å². The van der Waals surface area contributed by atoms with E-state index >= 15 is 0 Å². The molecule has 1 atom stereocenters. The van der Waals surface area contributed by atoms with Crippen molar-refractivity contribution in [3.63, 3.8) is 0 Å². The zero-order valence-electron chi connectivity index (χ0n) is 18.2. The molecule has 1 saturated heterocycles. The minimum atomic E-state index is -3.03. The number of rotatable bonds is 5. The Hall–Kier alpha value is -3.53. The number of carbonyl (C=O) groups is 1. The quantitative estimate of drug-likeness (QED) is 0.443. The number of ether oxygens (including phenoxy) is 1. The third-order valence-corrected chi connectivity index (χ3v) is 6.03. The maximum atomic E-state index is 13.0. The highest BCUT2D eigenvalue weighted by Crippen LogP contribution is 2.33. The van der Waals surface area contributed by atoms with Gasteiger partial charge < -0.3 is 15.0 Å². The molecule has 176 valence electrons. The van der Waals surface area contributed by atoms with Gasteiger partial charge in [-0.1, -0.05) is 23.7 Å². The number of nitrogens with zero attached hydrogens (tertiary/aromatic N) is 5. The van der Waals surface area contributed by atoms with Crippen molar-refractivity contribution in [2.45, 2.75) is 31.9 Å². The average molecular weight is 487 g/mol. The van der Waals surface area contributed by atoms with Crippen molar-refractivity contribution in [2.75, 3.05) is 18.9 Å². The topological polar surface area (TPSA) is 84.7 Å². The fourth-order valence-corrected chi connectivity index (χ4v) is 4.29. The summed E-state index contributed by atoms with van der Waals surface area (Å²) in [4.78, 5) is 23.9. The molecule has 0 bridgehead atoms. The minimum absolute atomic E-state index is 0.0220. The van der Waals surface area contributed by atoms with Gasteiger partial charge in [-0.25, -0.2) is 9.97 Å². The summed E-state index contributed by atoms with van der Waals surface area (Å²) in [7, 11) is 1.78. The fourth-order valence-electron chi connectivity index (χ4n) is 4.12. The van der Waals surface area contributed by atoms with E-state index in [1.54, 1.807) is 18.0 Å². The van der Waals surface area contributed by atoms with Gasteiger partial charge in [-0.3, -0.25) is 4.79 Å². The number of aromatic nitrogens is 4. The number of benzene rings is 2. The van der Waals surface area contributed by atoms with Crippen molar-refractivity contribution in [1.29, 1.82) is 0 Å². The number of likely N-dealkylation sites (N-methyl/N-ethyl adjacent to an activating group) is 1. The number of anilines is 1. The van der Waals surface area contributed by atoms with Crippen molar-refractivity contribution >= 4 is 40.0 Å². The molecule has 2 aromatic heterocycles. The number of para-hydroxylation sites is 1. The van der Waals surface area contributed by atoms with Crippen LogP contribution in [0.4, 0.5) is 14.7 Å². The molecule has 1 N–H and O–H groups in total. The van der Waals surface area contributed by atoms with Gasteiger partial charge in [-0.2, -0.15) is 13.3 Å². The third kappa shape index (κ3) is 4.21. The molecule has 0 spiro atoms. The number of fused-ring (bicyclic) bond motifs is 3. The van der Waals surface area contributed by atoms with Crippen molar-refractivity contribution in [2.24, 2.45) is 0 Å². The van der Waals surface area contributed by atoms with Crippen molar-refractivity contribution in [3.8, 4) is 17.1 Å². The molecule has 1 amide bonds. The van der Waals surface area contributed by atoms with Crippen LogP contribution in [0.3, 0.4) is 0 Å². The zero-order chi connectivity index (χ0) is 23.8. The van der Waals surface area contributed by atoms with E-state index < -0.39 is 12.7 Å². The molecule has 5 rings (SSSR count). The number of amides is 1. The Kier molecular flexibility index (Phi) is 5.91. The number of hydrogen-bond acceptors (Lipinski definition) is 6. The van der Waals surface area contributed by atoms with Crippen LogP contribution in [0.5, 0.6) is 5.75 Å². The summed E-state index contributed by atoms with van der Waals surface area (Å²) in [5.74, 6) is 0.348. The number of halogens is 3. The second-order valence-electron chi connectivity index (χ2n) is 8.09. The van der Waals surface area contributed by atoms with Gasteiger partial charge in [0.25, 0.3) is 0 Å². The maximum Gasteiger partial charge on any atom is 0.387 e. The summed E-state index contributed by atoms with van der Waals surface area (Å²) in [6.07, 6.45) is 2.48. The lowest BCUT2D eigenvalue weighted by Gasteiger charge is -2.21. The van der Waals surface area contributed by atoms with Crippen LogP contribution in [-0.4, -0.2) is 56.6 Å². The summed E-state index contributed by atoms with van der Waals surface area (Å²) in [6.45, 7) is -2.33. The van der Waals surface area contributed by atoms with Gasteiger partial charge in [0.1, 0.15) is 11.8 Å². The van der Waals surface area contributed by atoms with Crippen molar-refractivity contribution < 1.29 is 18.3 Å². The standard InChI is InChI=1S/C23H21ClF2N6O2/c1-31-11-5-4-8-17(21(31)33)28-23-27-16-7-3-2-6-14(16)20-29-19(30-32(20)23)15-10-9-13(24)12-18(15)34-22(25)26/h2-3,6-7,9-10,12,17,22H,4-5,8,11H2,1H3,(H,27,28)/t17-/m0/s1. The lowest BCUT2D eigenvalue weighted by Crippen LogP contribution is -2.39. The van der Waals surface area contributed by atoms with Gasteiger partial charge in [0.15, 0.2) is 11.5 Å². The van der Waals surface area contributed by atoms with Gasteiger partial charge in [0.2, 0.25) is 11.9 Å². The Bertz CT molecular complexity index is 1380. The third-order valence-electron chi connectivity index (χ3n) is 5.79. The molecule has 3 heterocycles. The highest BCUT2D eigenvalue weighted by molar-refractivity contribution is 6.30. The molecule has 8 nitrogen and oxygen atoms in total. The SMILES string of the molecule is CN1CCCC[C@H](Nc2nc3ccccc3c3nc(-c4ccc(Cl)cc4OC(F)F)nn23)C1=O. The van der Waals surface area contributed by atoms with Crippen molar-refractivity contribution in [3.05, 3.63) is 47.5 Å². The molecule has 0 aliphatic carbocycles. The van der Waals surface area contributed by atoms with Crippen molar-refractivity contribution in [1.82, 2.24) is 24.5 Å². The Morgan fingerprint density at radius 3 is 2.82 bits per heavy atom. The van der Waals surface area contributed by atoms with E-state index in [1.165, 1.54) is 16.6 Å². The average Bonchev–Trinajstić information content (AvgIpc) is 3.19. The van der Waals surface area contributed by atoms with Crippen LogP contribution in [0.25, 0.3) is 27.9 Å². The molecule has 1 aliphatic heterocycles. The molecule has 11 heteroatoms. The summed E-state index contributed by atoms with van der Waals surface area (Å²) < 4.78 is 32.2. The fraction of sp³-hybridized carbons (Fsp3) is 0.304. The lowest BCUT2D eigenvalue weighted by molar-refractivity contribution is -0.130. The molecule has 4 aromatic rings. The Morgan fingerprint density at radius 2 is 2.00 bits per heavy atom. The molecular weight excluding hydrogens is 466 g/mol. The van der Waals surface area contributed by atoms with E-state index in [0.717, 1.165) is 18.2 Å². The monoisotopic (exact) mass is 486 g/mol. The number of likely N-dealkylation sites (tertiary alicyclic amines) is 1. The van der Waals surface area contributed by atoms with Crippen LogP contribution in [-0.2, 0) is 4.79 Å². The Balaban J connectivity index is 1.66. The predicted octanol–water partition coefficient (Wildman–Crippen LogP) is 4.62. The van der Waals surface area contributed by atoms with Crippen LogP contribution in [0.1, 0.15) is 19.3 Å². The van der Waals surface area contributed by atoms with Gasteiger partial charge in [-0.05, 0) is 49.6 Å². The molecule has 0 saturated carbocycles. The van der Waals surface area contributed by atoms with Gasteiger partial charge >= 0.3 is 6.61 Å². The first kappa shape index (κ1) is 22.3. The van der Waals surface area contributed by atoms with Crippen LogP contribution in [0.15, 0.2) is 42.5 Å². The largest absolute Gasteiger partial charge is 0.434 e. The van der Waals surface area contributed by atoms with Crippen LogP contribution < -0.4 is 10.1 Å². The highest BCUT2D eigenvalue weighted by Gasteiger charge is 2.27. The lowest BCUT2D eigenvalue weighted by atomic mass is 10.1. The summed E-state index contributed by atoms with van der Waals surface area (Å²) in [5, 5.41) is 8.76. The summed E-state index contributed by atoms with van der Waals surface area (Å²) in [5.41, 5.74) is 1.38. The molecule has 34 heavy (non-hydrogen) atoms. The van der Waals surface area contributed by atoms with Gasteiger partial charge in [0, 0.05) is 24.0 Å². The molecule has 1 fully saturated rings. The highest BCUT2D eigenvalue weighted by atomic mass is 35.5. The Labute approximate surface area is 198 Å². The van der Waals surface area contributed by atoms with Gasteiger partial charge in [-0.15, -0.1) is 5.10 Å². The second kappa shape index (κ2) is 9.02. The van der Waals surface area contributed by atoms with E-state index in [1.807, 2.05) is 24.3 Å². The zero-order valence-corrected chi connectivity index (χ0v) is 19.0. The van der Waals surface area contributed by atoms with Crippen LogP contribution in [0, 0.1) is 0 Å². The predicted molar refractivity (Wildman–Crippen MR) is 124 cm³/mol. The smallest absolute Gasteiger partial charge is 0.387 e. The molecule has 2 aromatic carbocycles. The first-order chi connectivity index (χ1) is 16.4. The maximum absolute atomic E-state index is 13.0. The van der Waals surface area contributed by atoms with E-state index in [2.05, 4.69) is 25.1 Å². The number of carbonyl (C=O) groups excluding carboxylic acids is 1. The number of hydrogen-bond donors (Lipinski definition) is 1. The van der Waals surface area contributed by atoms with E-state index in [0.29, 0.717) is 30.1 Å². The summed E-state index contributed by atoms with van der Waals surface area (Å²) >= 11 is 5.99. The van der Waals surface area contributed by atoms with Gasteiger partial charge in [0.05, 0.1) is 11.1 Å². The second-order valence-corrected chi connectivity index (χ2v) is 8.53. The summed E-state index contributed by atoms with van der Waals surface area (Å²) in [6, 6.07) is 11.3. The first-order valence-corrected chi connectivity index (χ1v) is 11.2. The molecular formula is C23H21ClF2N6O2. The molecule has 1 aliphatic rings. The number of alkyl halides is 2. The first-order valence-electron chi connectivity index (χ1n) is 10.8. The van der Waals surface area contributed by atoms with Crippen LogP contribution >= 0.6 is 11.6 Å². The minimum Gasteiger partial charge on any atom is -0.434 e. The van der Waals surface area contributed by atoms with E-state index in [-0.39, 0.29) is 28.1 Å². The van der Waals surface area contributed by atoms with E-state index in [9.17, 15) is 13.6 Å². The normalized spacial score (nSPS) is 16.9. The Morgan fingerprint density at radius 1 is 1.18 bits per heavy atom. The molecule has 0 unspecified atom stereocenters. The number of nitrogens with one attached hydrogen (secondary N) is 1. The van der Waals surface area contributed by atoms with E-state index in [4.69, 9.17) is 11.6 Å².